The molecule has 8 nitrogen and oxygen atoms in total. The van der Waals surface area contributed by atoms with Gasteiger partial charge in [-0.2, -0.15) is 0 Å². The molecule has 1 unspecified atom stereocenters. The molecule has 13 heteroatoms. The van der Waals surface area contributed by atoms with Crippen molar-refractivity contribution in [2.75, 3.05) is 12.5 Å². The summed E-state index contributed by atoms with van der Waals surface area (Å²) in [6.45, 7) is 0.359. The maximum absolute atomic E-state index is 14.7. The van der Waals surface area contributed by atoms with Crippen LogP contribution in [0.4, 0.5) is 8.78 Å². The molecular formula is C29H26ClF2NO7S2. The van der Waals surface area contributed by atoms with Crippen LogP contribution in [-0.2, 0) is 43.9 Å². The molecule has 1 atom stereocenters. The Balaban J connectivity index is 0.000000262. The Hall–Kier alpha value is -3.61. The van der Waals surface area contributed by atoms with E-state index < -0.39 is 43.2 Å². The Morgan fingerprint density at radius 1 is 0.976 bits per heavy atom. The molecule has 4 aromatic rings. The molecule has 1 aliphatic heterocycles. The number of aliphatic carboxylic acids is 1. The van der Waals surface area contributed by atoms with E-state index in [0.29, 0.717) is 36.3 Å². The highest BCUT2D eigenvalue weighted by Gasteiger charge is 2.29. The fourth-order valence-electron chi connectivity index (χ4n) is 4.89. The molecule has 0 amide bonds. The average molecular weight is 638 g/mol. The summed E-state index contributed by atoms with van der Waals surface area (Å²) in [5.74, 6) is -2.69. The Bertz CT molecular complexity index is 1940. The van der Waals surface area contributed by atoms with Gasteiger partial charge in [-0.05, 0) is 72.5 Å². The minimum atomic E-state index is -3.49. The average Bonchev–Trinajstić information content (AvgIpc) is 3.20. The lowest BCUT2D eigenvalue weighted by Crippen LogP contribution is -2.26. The lowest BCUT2D eigenvalue weighted by molar-refractivity contribution is -0.142. The molecule has 5 rings (SSSR count). The number of carboxylic acids is 1. The summed E-state index contributed by atoms with van der Waals surface area (Å²) in [6.07, 6.45) is 3.71. The van der Waals surface area contributed by atoms with Crippen molar-refractivity contribution in [3.8, 4) is 0 Å². The van der Waals surface area contributed by atoms with E-state index in [1.165, 1.54) is 18.2 Å². The van der Waals surface area contributed by atoms with E-state index in [2.05, 4.69) is 0 Å². The number of aromatic nitrogens is 1. The Morgan fingerprint density at radius 2 is 1.60 bits per heavy atom. The molecule has 0 aliphatic carbocycles. The van der Waals surface area contributed by atoms with Crippen LogP contribution >= 0.6 is 11.6 Å². The van der Waals surface area contributed by atoms with Crippen molar-refractivity contribution < 1.29 is 40.3 Å². The van der Waals surface area contributed by atoms with Gasteiger partial charge in [0.25, 0.3) is 0 Å². The van der Waals surface area contributed by atoms with E-state index in [9.17, 15) is 40.3 Å². The second-order valence-corrected chi connectivity index (χ2v) is 14.5. The van der Waals surface area contributed by atoms with Crippen LogP contribution in [0.3, 0.4) is 0 Å². The van der Waals surface area contributed by atoms with Crippen LogP contribution in [0.25, 0.3) is 10.9 Å². The summed E-state index contributed by atoms with van der Waals surface area (Å²) in [7, 11) is -6.90. The molecule has 1 aromatic heterocycles. The quantitative estimate of drug-likeness (QED) is 0.291. The zero-order chi connectivity index (χ0) is 31.0. The number of carboxylic acid groups (broad SMARTS) is 1. The summed E-state index contributed by atoms with van der Waals surface area (Å²) in [4.78, 5) is 21.5. The van der Waals surface area contributed by atoms with Crippen molar-refractivity contribution in [3.63, 3.8) is 0 Å². The summed E-state index contributed by atoms with van der Waals surface area (Å²) < 4.78 is 74.8. The molecule has 2 heterocycles. The van der Waals surface area contributed by atoms with E-state index >= 15 is 0 Å². The monoisotopic (exact) mass is 637 g/mol. The maximum atomic E-state index is 14.7. The number of hydrogen-bond acceptors (Lipinski definition) is 6. The Kier molecular flexibility index (Phi) is 8.91. The van der Waals surface area contributed by atoms with Gasteiger partial charge >= 0.3 is 5.97 Å². The minimum Gasteiger partial charge on any atom is -0.481 e. The largest absolute Gasteiger partial charge is 0.481 e. The number of fused-ring (bicyclic) bond motifs is 3. The van der Waals surface area contributed by atoms with E-state index in [1.54, 1.807) is 6.07 Å². The van der Waals surface area contributed by atoms with Crippen molar-refractivity contribution in [1.29, 1.82) is 0 Å². The normalized spacial score (nSPS) is 15.0. The van der Waals surface area contributed by atoms with Crippen LogP contribution in [-0.4, -0.2) is 51.3 Å². The summed E-state index contributed by atoms with van der Waals surface area (Å²) in [6, 6.07) is 12.5. The van der Waals surface area contributed by atoms with Gasteiger partial charge in [0.1, 0.15) is 11.6 Å². The van der Waals surface area contributed by atoms with Gasteiger partial charge in [-0.3, -0.25) is 9.59 Å². The molecule has 0 saturated heterocycles. The summed E-state index contributed by atoms with van der Waals surface area (Å²) >= 11 is 6.19. The molecule has 0 bridgehead atoms. The van der Waals surface area contributed by atoms with Gasteiger partial charge in [0.2, 0.25) is 0 Å². The van der Waals surface area contributed by atoms with Crippen molar-refractivity contribution in [2.24, 2.45) is 5.92 Å². The molecule has 1 aliphatic rings. The molecule has 0 spiro atoms. The topological polar surface area (TPSA) is 128 Å². The number of benzene rings is 3. The van der Waals surface area contributed by atoms with E-state index in [1.807, 2.05) is 16.7 Å². The number of carbonyl (C=O) groups is 2. The fraction of sp³-hybridized carbons (Fsp3) is 0.241. The second-order valence-electron chi connectivity index (χ2n) is 10.0. The first-order valence-electron chi connectivity index (χ1n) is 12.6. The highest BCUT2D eigenvalue weighted by molar-refractivity contribution is 7.91. The maximum Gasteiger partial charge on any atom is 0.308 e. The SMILES string of the molecule is CS(=O)(=O)c1ccc(C=O)c(F)c1.CS(=O)(=O)c1ccc(Cc2c3n(c4ccc(Cl)cc24)CC(C(=O)O)CC3)c(F)c1. The molecular weight excluding hydrogens is 612 g/mol. The third kappa shape index (κ3) is 6.71. The first kappa shape index (κ1) is 31.3. The third-order valence-corrected chi connectivity index (χ3v) is 9.53. The Morgan fingerprint density at radius 3 is 2.14 bits per heavy atom. The van der Waals surface area contributed by atoms with Gasteiger partial charge in [0, 0.05) is 47.1 Å². The smallest absolute Gasteiger partial charge is 0.308 e. The Labute approximate surface area is 246 Å². The standard InChI is InChI=1S/C21H19ClFNO4S.C8H7FO3S/c1-29(27,28)15-5-2-12(18(23)10-15)8-16-17-9-14(22)4-7-20(17)24-11-13(21(25)26)3-6-19(16)24;1-13(11,12)7-3-2-6(5-10)8(9)4-7/h2,4-5,7,9-10,13H,3,6,8,11H2,1H3,(H,25,26);2-5H,1H3. The molecule has 0 saturated carbocycles. The summed E-state index contributed by atoms with van der Waals surface area (Å²) in [5, 5.41) is 10.8. The van der Waals surface area contributed by atoms with E-state index in [-0.39, 0.29) is 21.8 Å². The van der Waals surface area contributed by atoms with Gasteiger partial charge in [-0.1, -0.05) is 17.7 Å². The highest BCUT2D eigenvalue weighted by atomic mass is 35.5. The van der Waals surface area contributed by atoms with Crippen LogP contribution < -0.4 is 0 Å². The van der Waals surface area contributed by atoms with Crippen molar-refractivity contribution in [2.45, 2.75) is 35.6 Å². The van der Waals surface area contributed by atoms with Crippen LogP contribution in [0.2, 0.25) is 5.02 Å². The van der Waals surface area contributed by atoms with Crippen LogP contribution in [0.15, 0.2) is 64.4 Å². The van der Waals surface area contributed by atoms with Crippen molar-refractivity contribution in [1.82, 2.24) is 4.57 Å². The second kappa shape index (κ2) is 11.9. The predicted molar refractivity (Wildman–Crippen MR) is 154 cm³/mol. The number of sulfone groups is 2. The third-order valence-electron chi connectivity index (χ3n) is 7.08. The first-order valence-corrected chi connectivity index (χ1v) is 16.7. The van der Waals surface area contributed by atoms with E-state index in [0.717, 1.165) is 52.9 Å². The number of halogens is 3. The molecule has 0 radical (unpaired) electrons. The molecule has 3 aromatic carbocycles. The lowest BCUT2D eigenvalue weighted by atomic mass is 9.94. The van der Waals surface area contributed by atoms with Crippen LogP contribution in [0.1, 0.15) is 33.6 Å². The number of rotatable bonds is 6. The van der Waals surface area contributed by atoms with Gasteiger partial charge in [-0.15, -0.1) is 0 Å². The zero-order valence-electron chi connectivity index (χ0n) is 22.5. The number of hydrogen-bond donors (Lipinski definition) is 1. The van der Waals surface area contributed by atoms with Gasteiger partial charge in [-0.25, -0.2) is 25.6 Å². The van der Waals surface area contributed by atoms with Crippen LogP contribution in [0, 0.1) is 17.6 Å². The first-order chi connectivity index (χ1) is 19.6. The van der Waals surface area contributed by atoms with Gasteiger partial charge in [0.05, 0.1) is 21.3 Å². The lowest BCUT2D eigenvalue weighted by Gasteiger charge is -2.23. The minimum absolute atomic E-state index is 0.0603. The van der Waals surface area contributed by atoms with Crippen molar-refractivity contribution >= 4 is 54.4 Å². The highest BCUT2D eigenvalue weighted by Crippen LogP contribution is 2.36. The van der Waals surface area contributed by atoms with Gasteiger partial charge in [0.15, 0.2) is 26.0 Å². The fourth-order valence-corrected chi connectivity index (χ4v) is 6.33. The summed E-state index contributed by atoms with van der Waals surface area (Å²) in [5.41, 5.74) is 2.99. The number of nitrogens with zero attached hydrogens (tertiary/aromatic N) is 1. The molecule has 1 N–H and O–H groups in total. The van der Waals surface area contributed by atoms with Crippen LogP contribution in [0.5, 0.6) is 0 Å². The molecule has 222 valence electrons. The number of aldehydes is 1. The van der Waals surface area contributed by atoms with E-state index in [4.69, 9.17) is 11.6 Å². The molecule has 0 fully saturated rings. The molecule has 42 heavy (non-hydrogen) atoms. The zero-order valence-corrected chi connectivity index (χ0v) is 24.9. The predicted octanol–water partition coefficient (Wildman–Crippen LogP) is 5.12. The number of carbonyl (C=O) groups excluding carboxylic acids is 1. The van der Waals surface area contributed by atoms with Gasteiger partial charge < -0.3 is 9.67 Å². The van der Waals surface area contributed by atoms with Crippen molar-refractivity contribution in [3.05, 3.63) is 93.6 Å².